The molecule has 0 radical (unpaired) electrons. The largest absolute Gasteiger partial charge is 0.353 e. The third-order valence-electron chi connectivity index (χ3n) is 2.57. The number of rotatable bonds is 6. The van der Waals surface area contributed by atoms with Crippen LogP contribution in [0.2, 0.25) is 0 Å². The van der Waals surface area contributed by atoms with Gasteiger partial charge in [0.25, 0.3) is 5.91 Å². The Morgan fingerprint density at radius 2 is 1.76 bits per heavy atom. The average Bonchev–Trinajstić information content (AvgIpc) is 2.42. The van der Waals surface area contributed by atoms with Crippen LogP contribution in [0.5, 0.6) is 0 Å². The zero-order valence-electron chi connectivity index (χ0n) is 11.7. The van der Waals surface area contributed by atoms with Gasteiger partial charge in [0.2, 0.25) is 5.91 Å². The lowest BCUT2D eigenvalue weighted by Crippen LogP contribution is -2.39. The zero-order valence-corrected chi connectivity index (χ0v) is 11.7. The fraction of sp³-hybridized carbons (Fsp3) is 0.385. The first-order chi connectivity index (χ1) is 9.82. The van der Waals surface area contributed by atoms with Crippen LogP contribution in [0, 0.1) is 17.5 Å². The summed E-state index contributed by atoms with van der Waals surface area (Å²) in [6.45, 7) is 0.628. The van der Waals surface area contributed by atoms with E-state index in [0.717, 1.165) is 6.07 Å². The lowest BCUT2D eigenvalue weighted by molar-refractivity contribution is -0.120. The number of amides is 2. The summed E-state index contributed by atoms with van der Waals surface area (Å²) in [5, 5.41) is 4.66. The molecule has 0 saturated heterocycles. The first-order valence-corrected chi connectivity index (χ1v) is 6.16. The summed E-state index contributed by atoms with van der Waals surface area (Å²) in [4.78, 5) is 24.8. The molecule has 0 heterocycles. The average molecular weight is 303 g/mol. The molecule has 1 rings (SSSR count). The van der Waals surface area contributed by atoms with E-state index in [1.807, 2.05) is 19.0 Å². The second kappa shape index (κ2) is 7.63. The van der Waals surface area contributed by atoms with Gasteiger partial charge in [-0.2, -0.15) is 0 Å². The maximum atomic E-state index is 13.3. The number of nitrogens with one attached hydrogen (secondary N) is 2. The van der Waals surface area contributed by atoms with Crippen molar-refractivity contribution in [1.82, 2.24) is 15.5 Å². The molecule has 0 aliphatic rings. The molecule has 0 aliphatic heterocycles. The van der Waals surface area contributed by atoms with Crippen LogP contribution >= 0.6 is 0 Å². The molecular formula is C13H16F3N3O2. The summed E-state index contributed by atoms with van der Waals surface area (Å²) in [6, 6.07) is 1.46. The maximum Gasteiger partial charge on any atom is 0.254 e. The topological polar surface area (TPSA) is 61.4 Å². The van der Waals surface area contributed by atoms with Crippen molar-refractivity contribution in [1.29, 1.82) is 0 Å². The molecule has 0 fully saturated rings. The van der Waals surface area contributed by atoms with Crippen molar-refractivity contribution in [3.05, 3.63) is 35.1 Å². The summed E-state index contributed by atoms with van der Waals surface area (Å²) in [5.41, 5.74) is -0.657. The predicted octanol–water partition coefficient (Wildman–Crippen LogP) is 0.511. The summed E-state index contributed by atoms with van der Waals surface area (Å²) >= 11 is 0. The Labute approximate surface area is 120 Å². The molecule has 0 unspecified atom stereocenters. The van der Waals surface area contributed by atoms with E-state index in [1.54, 1.807) is 0 Å². The van der Waals surface area contributed by atoms with Gasteiger partial charge >= 0.3 is 0 Å². The van der Waals surface area contributed by atoms with E-state index >= 15 is 0 Å². The van der Waals surface area contributed by atoms with E-state index in [0.29, 0.717) is 19.2 Å². The molecule has 0 aromatic heterocycles. The highest BCUT2D eigenvalue weighted by Gasteiger charge is 2.18. The number of hydrogen-bond acceptors (Lipinski definition) is 3. The van der Waals surface area contributed by atoms with Crippen LogP contribution in [-0.4, -0.2) is 50.4 Å². The Morgan fingerprint density at radius 3 is 2.38 bits per heavy atom. The number of likely N-dealkylation sites (N-methyl/N-ethyl adjacent to an activating group) is 1. The summed E-state index contributed by atoms with van der Waals surface area (Å²) < 4.78 is 39.1. The van der Waals surface area contributed by atoms with Gasteiger partial charge in [-0.3, -0.25) is 9.59 Å². The quantitative estimate of drug-likeness (QED) is 0.753. The molecule has 0 saturated carbocycles. The van der Waals surface area contributed by atoms with Crippen LogP contribution in [0.1, 0.15) is 10.4 Å². The Hall–Kier alpha value is -2.09. The number of benzene rings is 1. The Kier molecular flexibility index (Phi) is 6.16. The van der Waals surface area contributed by atoms with Crippen molar-refractivity contribution in [3.8, 4) is 0 Å². The van der Waals surface area contributed by atoms with Crippen LogP contribution in [0.3, 0.4) is 0 Å². The fourth-order valence-electron chi connectivity index (χ4n) is 1.44. The highest BCUT2D eigenvalue weighted by molar-refractivity contribution is 5.96. The molecule has 0 atom stereocenters. The van der Waals surface area contributed by atoms with Gasteiger partial charge in [-0.15, -0.1) is 0 Å². The van der Waals surface area contributed by atoms with Crippen molar-refractivity contribution in [3.63, 3.8) is 0 Å². The van der Waals surface area contributed by atoms with Crippen molar-refractivity contribution in [2.45, 2.75) is 0 Å². The second-order valence-electron chi connectivity index (χ2n) is 4.56. The molecule has 116 valence electrons. The SMILES string of the molecule is CN(C)CCNC(=O)CNC(=O)c1ccc(F)c(F)c1F. The first-order valence-electron chi connectivity index (χ1n) is 6.16. The molecule has 21 heavy (non-hydrogen) atoms. The van der Waals surface area contributed by atoms with Gasteiger partial charge in [0, 0.05) is 13.1 Å². The minimum atomic E-state index is -1.72. The van der Waals surface area contributed by atoms with E-state index in [9.17, 15) is 22.8 Å². The minimum Gasteiger partial charge on any atom is -0.353 e. The molecule has 0 spiro atoms. The molecule has 0 bridgehead atoms. The Bertz CT molecular complexity index is 536. The third kappa shape index (κ3) is 5.07. The third-order valence-corrected chi connectivity index (χ3v) is 2.57. The molecule has 2 amide bonds. The molecular weight excluding hydrogens is 287 g/mol. The standard InChI is InChI=1S/C13H16F3N3O2/c1-19(2)6-5-17-10(20)7-18-13(21)8-3-4-9(14)12(16)11(8)15/h3-4H,5-7H2,1-2H3,(H,17,20)(H,18,21). The highest BCUT2D eigenvalue weighted by atomic mass is 19.2. The summed E-state index contributed by atoms with van der Waals surface area (Å²) in [6.07, 6.45) is 0. The lowest BCUT2D eigenvalue weighted by Gasteiger charge is -2.11. The predicted molar refractivity (Wildman–Crippen MR) is 70.2 cm³/mol. The molecule has 8 heteroatoms. The number of halogens is 3. The van der Waals surface area contributed by atoms with Crippen LogP contribution in [0.4, 0.5) is 13.2 Å². The number of carbonyl (C=O) groups is 2. The van der Waals surface area contributed by atoms with Gasteiger partial charge in [0.15, 0.2) is 17.5 Å². The minimum absolute atomic E-state index is 0.384. The number of carbonyl (C=O) groups excluding carboxylic acids is 2. The van der Waals surface area contributed by atoms with Crippen LogP contribution in [0.15, 0.2) is 12.1 Å². The van der Waals surface area contributed by atoms with Gasteiger partial charge in [0.05, 0.1) is 12.1 Å². The van der Waals surface area contributed by atoms with Gasteiger partial charge in [-0.05, 0) is 26.2 Å². The van der Waals surface area contributed by atoms with E-state index in [2.05, 4.69) is 10.6 Å². The van der Waals surface area contributed by atoms with E-state index in [1.165, 1.54) is 0 Å². The second-order valence-corrected chi connectivity index (χ2v) is 4.56. The van der Waals surface area contributed by atoms with Gasteiger partial charge in [-0.25, -0.2) is 13.2 Å². The van der Waals surface area contributed by atoms with Crippen molar-refractivity contribution >= 4 is 11.8 Å². The molecule has 2 N–H and O–H groups in total. The van der Waals surface area contributed by atoms with Crippen LogP contribution < -0.4 is 10.6 Å². The normalized spacial score (nSPS) is 10.6. The first kappa shape index (κ1) is 17.0. The fourth-order valence-corrected chi connectivity index (χ4v) is 1.44. The van der Waals surface area contributed by atoms with Crippen LogP contribution in [-0.2, 0) is 4.79 Å². The van der Waals surface area contributed by atoms with Crippen molar-refractivity contribution in [2.75, 3.05) is 33.7 Å². The maximum absolute atomic E-state index is 13.3. The van der Waals surface area contributed by atoms with E-state index in [-0.39, 0.29) is 6.54 Å². The number of nitrogens with zero attached hydrogens (tertiary/aromatic N) is 1. The summed E-state index contributed by atoms with van der Waals surface area (Å²) in [7, 11) is 3.67. The van der Waals surface area contributed by atoms with Gasteiger partial charge in [0.1, 0.15) is 0 Å². The van der Waals surface area contributed by atoms with Crippen LogP contribution in [0.25, 0.3) is 0 Å². The monoisotopic (exact) mass is 303 g/mol. The van der Waals surface area contributed by atoms with Gasteiger partial charge < -0.3 is 15.5 Å². The zero-order chi connectivity index (χ0) is 16.0. The molecule has 5 nitrogen and oxygen atoms in total. The smallest absolute Gasteiger partial charge is 0.254 e. The Balaban J connectivity index is 2.51. The molecule has 1 aromatic rings. The highest BCUT2D eigenvalue weighted by Crippen LogP contribution is 2.14. The number of hydrogen-bond donors (Lipinski definition) is 2. The van der Waals surface area contributed by atoms with E-state index in [4.69, 9.17) is 0 Å². The van der Waals surface area contributed by atoms with Crippen molar-refractivity contribution < 1.29 is 22.8 Å². The van der Waals surface area contributed by atoms with Crippen molar-refractivity contribution in [2.24, 2.45) is 0 Å². The van der Waals surface area contributed by atoms with Gasteiger partial charge in [-0.1, -0.05) is 0 Å². The van der Waals surface area contributed by atoms with E-state index < -0.39 is 34.8 Å². The Morgan fingerprint density at radius 1 is 1.10 bits per heavy atom. The molecule has 0 aliphatic carbocycles. The lowest BCUT2D eigenvalue weighted by atomic mass is 10.2. The summed E-state index contributed by atoms with van der Waals surface area (Å²) in [5.74, 6) is -6.15. The molecule has 1 aromatic carbocycles.